The Hall–Kier alpha value is -1.82. The van der Waals surface area contributed by atoms with Crippen LogP contribution in [0.4, 0.5) is 4.39 Å². The van der Waals surface area contributed by atoms with E-state index in [4.69, 9.17) is 28.6 Å². The summed E-state index contributed by atoms with van der Waals surface area (Å²) in [5.74, 6) is -0.209. The molecule has 0 saturated carbocycles. The van der Waals surface area contributed by atoms with Crippen LogP contribution < -0.4 is 0 Å². The first-order valence-electron chi connectivity index (χ1n) is 6.89. The summed E-state index contributed by atoms with van der Waals surface area (Å²) in [5.41, 5.74) is 1.08. The molecule has 0 aliphatic carbocycles. The van der Waals surface area contributed by atoms with Gasteiger partial charge in [-0.1, -0.05) is 29.3 Å². The molecule has 3 rings (SSSR count). The van der Waals surface area contributed by atoms with Crippen molar-refractivity contribution < 1.29 is 9.50 Å². The predicted molar refractivity (Wildman–Crippen MR) is 97.3 cm³/mol. The molecule has 0 unspecified atom stereocenters. The summed E-state index contributed by atoms with van der Waals surface area (Å²) in [6.45, 7) is 0. The largest absolute Gasteiger partial charge is 0.493 e. The number of thioether (sulfide) groups is 1. The van der Waals surface area contributed by atoms with E-state index < -0.39 is 5.82 Å². The summed E-state index contributed by atoms with van der Waals surface area (Å²) in [4.78, 5) is 4.10. The Balaban J connectivity index is 2.04. The Kier molecular flexibility index (Phi) is 4.94. The average Bonchev–Trinajstić information content (AvgIpc) is 2.56. The van der Waals surface area contributed by atoms with Gasteiger partial charge in [-0.15, -0.1) is 11.8 Å². The first-order valence-corrected chi connectivity index (χ1v) is 8.63. The van der Waals surface area contributed by atoms with Crippen molar-refractivity contribution in [2.24, 2.45) is 0 Å². The van der Waals surface area contributed by atoms with Crippen LogP contribution in [-0.2, 0) is 5.75 Å². The quantitative estimate of drug-likeness (QED) is 0.452. The molecular weight excluding hydrogens is 370 g/mol. The third-order valence-corrected chi connectivity index (χ3v) is 5.11. The highest BCUT2D eigenvalue weighted by Crippen LogP contribution is 2.35. The van der Waals surface area contributed by atoms with Crippen LogP contribution in [0.25, 0.3) is 10.8 Å². The van der Waals surface area contributed by atoms with Crippen molar-refractivity contribution in [1.29, 1.82) is 5.41 Å². The second-order valence-corrected chi connectivity index (χ2v) is 6.82. The molecule has 0 spiro atoms. The SMILES string of the molecule is N=Cc1c(O)nc(SCc2cc(Cl)ccc2Cl)c2cc(F)ccc12. The number of nitrogens with one attached hydrogen (secondary N) is 1. The van der Waals surface area contributed by atoms with Gasteiger partial charge >= 0.3 is 0 Å². The van der Waals surface area contributed by atoms with E-state index in [1.165, 1.54) is 30.0 Å². The van der Waals surface area contributed by atoms with Crippen molar-refractivity contribution in [3.05, 3.63) is 63.4 Å². The molecular formula is C17H11Cl2FN2OS. The van der Waals surface area contributed by atoms with Crippen molar-refractivity contribution in [1.82, 2.24) is 4.98 Å². The van der Waals surface area contributed by atoms with Crippen molar-refractivity contribution in [3.63, 3.8) is 0 Å². The molecule has 0 amide bonds. The number of pyridine rings is 1. The van der Waals surface area contributed by atoms with E-state index in [9.17, 15) is 9.50 Å². The lowest BCUT2D eigenvalue weighted by molar-refractivity contribution is 0.449. The molecule has 0 fully saturated rings. The van der Waals surface area contributed by atoms with Crippen LogP contribution in [0.5, 0.6) is 5.88 Å². The van der Waals surface area contributed by atoms with E-state index in [-0.39, 0.29) is 11.4 Å². The van der Waals surface area contributed by atoms with Gasteiger partial charge in [0.1, 0.15) is 10.8 Å². The monoisotopic (exact) mass is 380 g/mol. The number of nitrogens with zero attached hydrogens (tertiary/aromatic N) is 1. The zero-order chi connectivity index (χ0) is 17.3. The maximum absolute atomic E-state index is 13.6. The maximum Gasteiger partial charge on any atom is 0.221 e. The van der Waals surface area contributed by atoms with Gasteiger partial charge in [0.15, 0.2) is 0 Å². The Labute approximate surface area is 151 Å². The molecule has 0 radical (unpaired) electrons. The van der Waals surface area contributed by atoms with Crippen molar-refractivity contribution in [2.45, 2.75) is 10.8 Å². The summed E-state index contributed by atoms with van der Waals surface area (Å²) < 4.78 is 13.6. The minimum atomic E-state index is -0.409. The Morgan fingerprint density at radius 2 is 1.96 bits per heavy atom. The van der Waals surface area contributed by atoms with Crippen LogP contribution in [0.2, 0.25) is 10.0 Å². The van der Waals surface area contributed by atoms with Crippen LogP contribution in [0.15, 0.2) is 41.4 Å². The van der Waals surface area contributed by atoms with Gasteiger partial charge in [0.25, 0.3) is 0 Å². The number of hydrogen-bond acceptors (Lipinski definition) is 4. The standard InChI is InChI=1S/C17H11Cl2FN2OS/c18-10-1-4-15(19)9(5-10)8-24-17-13-6-11(20)2-3-12(13)14(7-21)16(23)22-17/h1-7,21H,8H2,(H,22,23). The Bertz CT molecular complexity index is 950. The molecule has 2 N–H and O–H groups in total. The molecule has 1 aromatic heterocycles. The highest BCUT2D eigenvalue weighted by Gasteiger charge is 2.14. The Morgan fingerprint density at radius 1 is 1.17 bits per heavy atom. The van der Waals surface area contributed by atoms with Gasteiger partial charge in [-0.05, 0) is 41.3 Å². The lowest BCUT2D eigenvalue weighted by atomic mass is 10.1. The number of benzene rings is 2. The summed E-state index contributed by atoms with van der Waals surface area (Å²) in [7, 11) is 0. The van der Waals surface area contributed by atoms with E-state index >= 15 is 0 Å². The molecule has 0 bridgehead atoms. The number of fused-ring (bicyclic) bond motifs is 1. The summed E-state index contributed by atoms with van der Waals surface area (Å²) in [6, 6.07) is 9.33. The van der Waals surface area contributed by atoms with Gasteiger partial charge in [-0.3, -0.25) is 0 Å². The number of aromatic hydroxyl groups is 1. The highest BCUT2D eigenvalue weighted by molar-refractivity contribution is 7.98. The molecule has 0 aliphatic rings. The number of aromatic nitrogens is 1. The van der Waals surface area contributed by atoms with Gasteiger partial charge in [0.05, 0.1) is 5.56 Å². The first-order chi connectivity index (χ1) is 11.5. The van der Waals surface area contributed by atoms with Gasteiger partial charge in [0, 0.05) is 27.4 Å². The fraction of sp³-hybridized carbons (Fsp3) is 0.0588. The second-order valence-electron chi connectivity index (χ2n) is 5.01. The smallest absolute Gasteiger partial charge is 0.221 e. The topological polar surface area (TPSA) is 57.0 Å². The fourth-order valence-electron chi connectivity index (χ4n) is 2.32. The van der Waals surface area contributed by atoms with Crippen molar-refractivity contribution in [3.8, 4) is 5.88 Å². The lowest BCUT2D eigenvalue weighted by Gasteiger charge is -2.10. The molecule has 3 aromatic rings. The molecule has 24 heavy (non-hydrogen) atoms. The van der Waals surface area contributed by atoms with E-state index in [2.05, 4.69) is 4.98 Å². The number of hydrogen-bond donors (Lipinski definition) is 2. The molecule has 0 aliphatic heterocycles. The van der Waals surface area contributed by atoms with E-state index in [0.717, 1.165) is 11.8 Å². The van der Waals surface area contributed by atoms with Crippen molar-refractivity contribution >= 4 is 52.0 Å². The maximum atomic E-state index is 13.6. The third kappa shape index (κ3) is 3.34. The second kappa shape index (κ2) is 6.97. The van der Waals surface area contributed by atoms with Crippen LogP contribution >= 0.6 is 35.0 Å². The summed E-state index contributed by atoms with van der Waals surface area (Å²) in [6.07, 6.45) is 1.00. The Morgan fingerprint density at radius 3 is 2.71 bits per heavy atom. The number of rotatable bonds is 4. The predicted octanol–water partition coefficient (Wildman–Crippen LogP) is 5.68. The normalized spacial score (nSPS) is 11.0. The lowest BCUT2D eigenvalue weighted by Crippen LogP contribution is -1.94. The first kappa shape index (κ1) is 17.0. The minimum Gasteiger partial charge on any atom is -0.493 e. The summed E-state index contributed by atoms with van der Waals surface area (Å²) in [5, 5.41) is 20.2. The molecule has 122 valence electrons. The fourth-order valence-corrected chi connectivity index (χ4v) is 3.78. The molecule has 2 aromatic carbocycles. The molecule has 0 atom stereocenters. The molecule has 0 saturated heterocycles. The highest BCUT2D eigenvalue weighted by atomic mass is 35.5. The van der Waals surface area contributed by atoms with Gasteiger partial charge in [-0.2, -0.15) is 0 Å². The van der Waals surface area contributed by atoms with Gasteiger partial charge in [-0.25, -0.2) is 9.37 Å². The average molecular weight is 381 g/mol. The van der Waals surface area contributed by atoms with E-state index in [1.807, 2.05) is 0 Å². The number of halogens is 3. The van der Waals surface area contributed by atoms with Crippen LogP contribution in [0.3, 0.4) is 0 Å². The van der Waals surface area contributed by atoms with Crippen molar-refractivity contribution in [2.75, 3.05) is 0 Å². The van der Waals surface area contributed by atoms with Gasteiger partial charge in [0.2, 0.25) is 5.88 Å². The minimum absolute atomic E-state index is 0.259. The van der Waals surface area contributed by atoms with E-state index in [1.54, 1.807) is 18.2 Å². The third-order valence-electron chi connectivity index (χ3n) is 3.47. The summed E-state index contributed by atoms with van der Waals surface area (Å²) >= 11 is 13.4. The van der Waals surface area contributed by atoms with Crippen LogP contribution in [-0.4, -0.2) is 16.3 Å². The van der Waals surface area contributed by atoms with Crippen LogP contribution in [0.1, 0.15) is 11.1 Å². The zero-order valence-electron chi connectivity index (χ0n) is 12.2. The molecule has 3 nitrogen and oxygen atoms in total. The van der Waals surface area contributed by atoms with E-state index in [0.29, 0.717) is 31.6 Å². The van der Waals surface area contributed by atoms with Gasteiger partial charge < -0.3 is 10.5 Å². The zero-order valence-corrected chi connectivity index (χ0v) is 14.5. The molecule has 7 heteroatoms. The molecule has 1 heterocycles. The van der Waals surface area contributed by atoms with Crippen LogP contribution in [0, 0.1) is 11.2 Å².